The number of hydrogen-bond acceptors (Lipinski definition) is 4. The fourth-order valence-corrected chi connectivity index (χ4v) is 2.83. The van der Waals surface area contributed by atoms with E-state index in [0.29, 0.717) is 13.1 Å². The van der Waals surface area contributed by atoms with Gasteiger partial charge in [-0.3, -0.25) is 4.79 Å². The molecule has 25 heavy (non-hydrogen) atoms. The molecule has 1 aromatic heterocycles. The third-order valence-electron chi connectivity index (χ3n) is 3.78. The lowest BCUT2D eigenvalue weighted by molar-refractivity contribution is 0.0946. The monoisotopic (exact) mass is 399 g/mol. The van der Waals surface area contributed by atoms with E-state index in [4.69, 9.17) is 5.73 Å². The van der Waals surface area contributed by atoms with Crippen LogP contribution in [0.4, 0.5) is 5.82 Å². The lowest BCUT2D eigenvalue weighted by Gasteiger charge is -2.06. The van der Waals surface area contributed by atoms with Crippen LogP contribution in [-0.2, 0) is 13.1 Å². The topological polar surface area (TPSA) is 85.8 Å². The van der Waals surface area contributed by atoms with E-state index in [0.717, 1.165) is 15.6 Å². The van der Waals surface area contributed by atoms with E-state index < -0.39 is 0 Å². The molecule has 0 radical (unpaired) electrons. The predicted molar refractivity (Wildman–Crippen MR) is 100 cm³/mol. The number of rotatable bonds is 5. The summed E-state index contributed by atoms with van der Waals surface area (Å²) in [6.07, 6.45) is 0. The molecule has 0 bridgehead atoms. The summed E-state index contributed by atoms with van der Waals surface area (Å²) >= 11 is 3.43. The van der Waals surface area contributed by atoms with Crippen LogP contribution in [0.1, 0.15) is 27.2 Å². The molecule has 0 atom stereocenters. The minimum Gasteiger partial charge on any atom is -0.382 e. The van der Waals surface area contributed by atoms with E-state index >= 15 is 0 Å². The van der Waals surface area contributed by atoms with Crippen molar-refractivity contribution in [1.82, 2.24) is 20.3 Å². The number of carbonyl (C=O) groups excluding carboxylic acids is 1. The number of nitrogens with two attached hydrogens (primary N) is 1. The van der Waals surface area contributed by atoms with Crippen molar-refractivity contribution < 1.29 is 4.79 Å². The molecule has 0 saturated heterocycles. The number of hydrogen-bond donors (Lipinski definition) is 2. The highest BCUT2D eigenvalue weighted by atomic mass is 79.9. The van der Waals surface area contributed by atoms with Gasteiger partial charge in [0.05, 0.1) is 6.54 Å². The molecule has 1 amide bonds. The molecular weight excluding hydrogens is 382 g/mol. The largest absolute Gasteiger partial charge is 0.382 e. The highest BCUT2D eigenvalue weighted by molar-refractivity contribution is 9.10. The number of amides is 1. The van der Waals surface area contributed by atoms with Gasteiger partial charge >= 0.3 is 0 Å². The van der Waals surface area contributed by atoms with Crippen molar-refractivity contribution in [3.63, 3.8) is 0 Å². The predicted octanol–water partition coefficient (Wildman–Crippen LogP) is 2.91. The van der Waals surface area contributed by atoms with E-state index in [9.17, 15) is 4.79 Å². The zero-order valence-corrected chi connectivity index (χ0v) is 15.3. The van der Waals surface area contributed by atoms with Crippen LogP contribution in [-0.4, -0.2) is 20.9 Å². The van der Waals surface area contributed by atoms with Crippen LogP contribution in [0.2, 0.25) is 0 Å². The summed E-state index contributed by atoms with van der Waals surface area (Å²) < 4.78 is 2.49. The molecular formula is C18H18BrN5O. The Morgan fingerprint density at radius 2 is 1.96 bits per heavy atom. The van der Waals surface area contributed by atoms with Gasteiger partial charge in [0.2, 0.25) is 0 Å². The summed E-state index contributed by atoms with van der Waals surface area (Å²) in [6.45, 7) is 2.88. The smallest absolute Gasteiger partial charge is 0.275 e. The molecule has 3 rings (SSSR count). The van der Waals surface area contributed by atoms with Gasteiger partial charge in [0.15, 0.2) is 11.5 Å². The van der Waals surface area contributed by atoms with Gasteiger partial charge in [-0.1, -0.05) is 63.1 Å². The van der Waals surface area contributed by atoms with Crippen LogP contribution in [0.15, 0.2) is 53.0 Å². The van der Waals surface area contributed by atoms with Crippen molar-refractivity contribution in [3.8, 4) is 0 Å². The van der Waals surface area contributed by atoms with Crippen molar-refractivity contribution in [1.29, 1.82) is 0 Å². The lowest BCUT2D eigenvalue weighted by Crippen LogP contribution is -2.24. The Morgan fingerprint density at radius 1 is 1.20 bits per heavy atom. The first kappa shape index (κ1) is 17.2. The fraction of sp³-hybridized carbons (Fsp3) is 0.167. The third kappa shape index (κ3) is 4.24. The molecule has 0 fully saturated rings. The molecule has 0 aliphatic rings. The molecule has 0 spiro atoms. The van der Waals surface area contributed by atoms with Gasteiger partial charge in [-0.25, -0.2) is 4.68 Å². The molecule has 6 nitrogen and oxygen atoms in total. The molecule has 0 saturated carbocycles. The van der Waals surface area contributed by atoms with Crippen LogP contribution in [0.3, 0.4) is 0 Å². The van der Waals surface area contributed by atoms with Crippen molar-refractivity contribution in [2.24, 2.45) is 0 Å². The first-order valence-electron chi connectivity index (χ1n) is 7.80. The Kier molecular flexibility index (Phi) is 5.14. The summed E-state index contributed by atoms with van der Waals surface area (Å²) in [5, 5.41) is 10.7. The fourth-order valence-electron chi connectivity index (χ4n) is 2.38. The Bertz CT molecular complexity index is 889. The molecule has 0 aliphatic carbocycles. The van der Waals surface area contributed by atoms with Crippen LogP contribution in [0.5, 0.6) is 0 Å². The second-order valence-corrected chi connectivity index (χ2v) is 6.69. The maximum absolute atomic E-state index is 12.3. The van der Waals surface area contributed by atoms with Crippen LogP contribution < -0.4 is 11.1 Å². The standard InChI is InChI=1S/C18H18BrN5O/c1-12-5-7-13(8-6-12)10-21-18(25)16-17(20)24(23-22-16)11-14-3-2-4-15(19)9-14/h2-9H,10-11,20H2,1H3,(H,21,25). The number of nitrogen functional groups attached to an aromatic ring is 1. The normalized spacial score (nSPS) is 10.6. The minimum absolute atomic E-state index is 0.141. The molecule has 7 heteroatoms. The summed E-state index contributed by atoms with van der Waals surface area (Å²) in [4.78, 5) is 12.3. The second kappa shape index (κ2) is 7.48. The number of nitrogens with one attached hydrogen (secondary N) is 1. The number of anilines is 1. The summed E-state index contributed by atoms with van der Waals surface area (Å²) in [5.74, 6) is -0.0834. The van der Waals surface area contributed by atoms with E-state index in [-0.39, 0.29) is 17.4 Å². The first-order valence-corrected chi connectivity index (χ1v) is 8.59. The second-order valence-electron chi connectivity index (χ2n) is 5.78. The van der Waals surface area contributed by atoms with Crippen LogP contribution in [0, 0.1) is 6.92 Å². The molecule has 0 unspecified atom stereocenters. The van der Waals surface area contributed by atoms with Gasteiger partial charge < -0.3 is 11.1 Å². The van der Waals surface area contributed by atoms with Gasteiger partial charge in [0.25, 0.3) is 5.91 Å². The minimum atomic E-state index is -0.335. The molecule has 0 aliphatic heterocycles. The maximum Gasteiger partial charge on any atom is 0.275 e. The van der Waals surface area contributed by atoms with E-state index in [1.165, 1.54) is 10.2 Å². The van der Waals surface area contributed by atoms with Gasteiger partial charge in [-0.05, 0) is 30.2 Å². The Labute approximate surface area is 154 Å². The number of aromatic nitrogens is 3. The quantitative estimate of drug-likeness (QED) is 0.690. The Morgan fingerprint density at radius 3 is 2.68 bits per heavy atom. The van der Waals surface area contributed by atoms with Crippen molar-refractivity contribution >= 4 is 27.7 Å². The van der Waals surface area contributed by atoms with Gasteiger partial charge in [-0.15, -0.1) is 5.10 Å². The molecule has 3 N–H and O–H groups in total. The van der Waals surface area contributed by atoms with E-state index in [1.807, 2.05) is 55.5 Å². The average molecular weight is 400 g/mol. The van der Waals surface area contributed by atoms with Crippen molar-refractivity contribution in [2.45, 2.75) is 20.0 Å². The molecule has 2 aromatic carbocycles. The average Bonchev–Trinajstić information content (AvgIpc) is 2.95. The number of aryl methyl sites for hydroxylation is 1. The first-order chi connectivity index (χ1) is 12.0. The Hall–Kier alpha value is -2.67. The third-order valence-corrected chi connectivity index (χ3v) is 4.28. The van der Waals surface area contributed by atoms with Gasteiger partial charge in [-0.2, -0.15) is 0 Å². The summed E-state index contributed by atoms with van der Waals surface area (Å²) in [7, 11) is 0. The summed E-state index contributed by atoms with van der Waals surface area (Å²) in [5.41, 5.74) is 9.39. The zero-order chi connectivity index (χ0) is 17.8. The maximum atomic E-state index is 12.3. The zero-order valence-electron chi connectivity index (χ0n) is 13.7. The number of halogens is 1. The van der Waals surface area contributed by atoms with Gasteiger partial charge in [0.1, 0.15) is 0 Å². The highest BCUT2D eigenvalue weighted by Crippen LogP contribution is 2.15. The van der Waals surface area contributed by atoms with Crippen LogP contribution in [0.25, 0.3) is 0 Å². The molecule has 1 heterocycles. The van der Waals surface area contributed by atoms with Crippen molar-refractivity contribution in [2.75, 3.05) is 5.73 Å². The van der Waals surface area contributed by atoms with Crippen LogP contribution >= 0.6 is 15.9 Å². The van der Waals surface area contributed by atoms with E-state index in [2.05, 4.69) is 31.6 Å². The lowest BCUT2D eigenvalue weighted by atomic mass is 10.1. The summed E-state index contributed by atoms with van der Waals surface area (Å²) in [6, 6.07) is 15.8. The van der Waals surface area contributed by atoms with Crippen molar-refractivity contribution in [3.05, 3.63) is 75.4 Å². The van der Waals surface area contributed by atoms with Gasteiger partial charge in [0, 0.05) is 11.0 Å². The molecule has 128 valence electrons. The Balaban J connectivity index is 1.67. The van der Waals surface area contributed by atoms with E-state index in [1.54, 1.807) is 0 Å². The number of benzene rings is 2. The molecule has 3 aromatic rings. The number of carbonyl (C=O) groups is 1. The number of nitrogens with zero attached hydrogens (tertiary/aromatic N) is 3. The highest BCUT2D eigenvalue weighted by Gasteiger charge is 2.17. The SMILES string of the molecule is Cc1ccc(CNC(=O)c2nnn(Cc3cccc(Br)c3)c2N)cc1.